The average molecular weight is 282 g/mol. The van der Waals surface area contributed by atoms with Crippen LogP contribution in [0.15, 0.2) is 30.9 Å². The molecule has 108 valence electrons. The molecule has 0 unspecified atom stereocenters. The van der Waals surface area contributed by atoms with Crippen molar-refractivity contribution in [2.75, 3.05) is 0 Å². The highest BCUT2D eigenvalue weighted by atomic mass is 15.4. The van der Waals surface area contributed by atoms with Gasteiger partial charge >= 0.3 is 0 Å². The van der Waals surface area contributed by atoms with Crippen LogP contribution in [0.3, 0.4) is 0 Å². The zero-order chi connectivity index (χ0) is 14.8. The molecule has 3 rings (SSSR count). The monoisotopic (exact) mass is 282 g/mol. The second-order valence-corrected chi connectivity index (χ2v) is 5.29. The highest BCUT2D eigenvalue weighted by Crippen LogP contribution is 2.23. The van der Waals surface area contributed by atoms with Crippen LogP contribution in [-0.4, -0.2) is 30.0 Å². The first-order chi connectivity index (χ1) is 10.1. The fourth-order valence-electron chi connectivity index (χ4n) is 2.72. The van der Waals surface area contributed by atoms with Gasteiger partial charge in [0.25, 0.3) is 0 Å². The van der Waals surface area contributed by atoms with Gasteiger partial charge in [-0.05, 0) is 48.6 Å². The minimum absolute atomic E-state index is 0.738. The van der Waals surface area contributed by atoms with E-state index in [2.05, 4.69) is 47.5 Å². The van der Waals surface area contributed by atoms with Crippen LogP contribution < -0.4 is 0 Å². The molecular weight excluding hydrogens is 264 g/mol. The summed E-state index contributed by atoms with van der Waals surface area (Å²) in [6.45, 7) is 7.93. The minimum atomic E-state index is 0.738. The molecule has 0 amide bonds. The Kier molecular flexibility index (Phi) is 3.51. The first kappa shape index (κ1) is 13.5. The van der Waals surface area contributed by atoms with Crippen LogP contribution in [0.1, 0.15) is 27.8 Å². The molecule has 0 saturated carbocycles. The van der Waals surface area contributed by atoms with Crippen LogP contribution in [0.25, 0.3) is 0 Å². The largest absolute Gasteiger partial charge is 0.248 e. The molecular formula is C15H18N6. The lowest BCUT2D eigenvalue weighted by Crippen LogP contribution is -2.10. The quantitative estimate of drug-likeness (QED) is 0.733. The Morgan fingerprint density at radius 3 is 1.67 bits per heavy atom. The van der Waals surface area contributed by atoms with Gasteiger partial charge in [0.2, 0.25) is 0 Å². The fraction of sp³-hybridized carbons (Fsp3) is 0.333. The van der Waals surface area contributed by atoms with Crippen molar-refractivity contribution in [3.8, 4) is 0 Å². The summed E-state index contributed by atoms with van der Waals surface area (Å²) in [6, 6.07) is 2.23. The molecule has 0 atom stereocenters. The second-order valence-electron chi connectivity index (χ2n) is 5.29. The van der Waals surface area contributed by atoms with E-state index < -0.39 is 0 Å². The third-order valence-electron chi connectivity index (χ3n) is 3.87. The molecule has 3 aromatic rings. The molecule has 6 heteroatoms. The van der Waals surface area contributed by atoms with Gasteiger partial charge < -0.3 is 0 Å². The van der Waals surface area contributed by atoms with Crippen molar-refractivity contribution in [2.45, 2.75) is 33.9 Å². The lowest BCUT2D eigenvalue weighted by atomic mass is 9.93. The summed E-state index contributed by atoms with van der Waals surface area (Å²) in [4.78, 5) is 0. The zero-order valence-electron chi connectivity index (χ0n) is 12.5. The lowest BCUT2D eigenvalue weighted by molar-refractivity contribution is 0.631. The Labute approximate surface area is 123 Å². The number of aromatic nitrogens is 6. The molecule has 0 aliphatic rings. The van der Waals surface area contributed by atoms with Crippen molar-refractivity contribution in [3.05, 3.63) is 58.7 Å². The standard InChI is InChI=1S/C15H18N6/c1-11-8-12(2)15(10-21-7-5-17-19-21)13(3)14(11)9-20-6-4-16-18-20/h4-8H,9-10H2,1-3H3. The van der Waals surface area contributed by atoms with E-state index in [-0.39, 0.29) is 0 Å². The van der Waals surface area contributed by atoms with Gasteiger partial charge in [0.05, 0.1) is 25.5 Å². The van der Waals surface area contributed by atoms with E-state index in [1.165, 1.54) is 27.8 Å². The fourth-order valence-corrected chi connectivity index (χ4v) is 2.72. The van der Waals surface area contributed by atoms with Crippen molar-refractivity contribution in [3.63, 3.8) is 0 Å². The maximum atomic E-state index is 4.06. The number of rotatable bonds is 4. The molecule has 0 N–H and O–H groups in total. The van der Waals surface area contributed by atoms with E-state index in [0.29, 0.717) is 0 Å². The minimum Gasteiger partial charge on any atom is -0.248 e. The summed E-state index contributed by atoms with van der Waals surface area (Å²) < 4.78 is 3.70. The van der Waals surface area contributed by atoms with E-state index in [4.69, 9.17) is 0 Å². The number of hydrogen-bond acceptors (Lipinski definition) is 4. The van der Waals surface area contributed by atoms with E-state index >= 15 is 0 Å². The average Bonchev–Trinajstić information content (AvgIpc) is 3.13. The van der Waals surface area contributed by atoms with Crippen molar-refractivity contribution in [1.82, 2.24) is 30.0 Å². The van der Waals surface area contributed by atoms with Crippen molar-refractivity contribution in [1.29, 1.82) is 0 Å². The van der Waals surface area contributed by atoms with E-state index in [0.717, 1.165) is 13.1 Å². The summed E-state index contributed by atoms with van der Waals surface area (Å²) in [7, 11) is 0. The van der Waals surface area contributed by atoms with Crippen LogP contribution in [0.5, 0.6) is 0 Å². The molecule has 0 bridgehead atoms. The molecule has 0 spiro atoms. The predicted molar refractivity (Wildman–Crippen MR) is 78.9 cm³/mol. The summed E-state index contributed by atoms with van der Waals surface area (Å²) >= 11 is 0. The first-order valence-corrected chi connectivity index (χ1v) is 6.92. The Morgan fingerprint density at radius 1 is 0.810 bits per heavy atom. The predicted octanol–water partition coefficient (Wildman–Crippen LogP) is 1.89. The smallest absolute Gasteiger partial charge is 0.0693 e. The van der Waals surface area contributed by atoms with Gasteiger partial charge in [-0.25, -0.2) is 9.36 Å². The van der Waals surface area contributed by atoms with Crippen LogP contribution in [0.2, 0.25) is 0 Å². The molecule has 0 saturated heterocycles. The normalized spacial score (nSPS) is 11.0. The van der Waals surface area contributed by atoms with Gasteiger partial charge in [-0.15, -0.1) is 10.2 Å². The van der Waals surface area contributed by atoms with Gasteiger partial charge in [0, 0.05) is 12.4 Å². The van der Waals surface area contributed by atoms with E-state index in [9.17, 15) is 0 Å². The van der Waals surface area contributed by atoms with Crippen LogP contribution in [0.4, 0.5) is 0 Å². The Hall–Kier alpha value is -2.50. The van der Waals surface area contributed by atoms with Crippen LogP contribution >= 0.6 is 0 Å². The van der Waals surface area contributed by atoms with Gasteiger partial charge in [0.15, 0.2) is 0 Å². The third-order valence-corrected chi connectivity index (χ3v) is 3.87. The Morgan fingerprint density at radius 2 is 1.29 bits per heavy atom. The van der Waals surface area contributed by atoms with Crippen molar-refractivity contribution >= 4 is 0 Å². The van der Waals surface area contributed by atoms with Gasteiger partial charge in [-0.2, -0.15) is 0 Å². The summed E-state index contributed by atoms with van der Waals surface area (Å²) in [5.41, 5.74) is 6.44. The summed E-state index contributed by atoms with van der Waals surface area (Å²) in [5, 5.41) is 15.9. The number of benzene rings is 1. The zero-order valence-corrected chi connectivity index (χ0v) is 12.5. The maximum absolute atomic E-state index is 4.06. The van der Waals surface area contributed by atoms with Gasteiger partial charge in [0.1, 0.15) is 0 Å². The highest BCUT2D eigenvalue weighted by Gasteiger charge is 2.12. The maximum Gasteiger partial charge on any atom is 0.0693 e. The molecule has 1 aromatic carbocycles. The molecule has 6 nitrogen and oxygen atoms in total. The third kappa shape index (κ3) is 2.69. The van der Waals surface area contributed by atoms with Crippen molar-refractivity contribution < 1.29 is 0 Å². The van der Waals surface area contributed by atoms with E-state index in [1.54, 1.807) is 12.4 Å². The number of nitrogens with zero attached hydrogens (tertiary/aromatic N) is 6. The molecule has 0 aliphatic carbocycles. The lowest BCUT2D eigenvalue weighted by Gasteiger charge is -2.17. The van der Waals surface area contributed by atoms with Crippen LogP contribution in [0, 0.1) is 20.8 Å². The topological polar surface area (TPSA) is 61.4 Å². The first-order valence-electron chi connectivity index (χ1n) is 6.92. The molecule has 0 fully saturated rings. The molecule has 21 heavy (non-hydrogen) atoms. The number of aryl methyl sites for hydroxylation is 2. The highest BCUT2D eigenvalue weighted by molar-refractivity contribution is 5.44. The molecule has 2 aromatic heterocycles. The summed E-state index contributed by atoms with van der Waals surface area (Å²) in [6.07, 6.45) is 7.18. The molecule has 0 radical (unpaired) electrons. The molecule has 0 aliphatic heterocycles. The number of hydrogen-bond donors (Lipinski definition) is 0. The van der Waals surface area contributed by atoms with Gasteiger partial charge in [-0.3, -0.25) is 0 Å². The Bertz CT molecular complexity index is 668. The van der Waals surface area contributed by atoms with Gasteiger partial charge in [-0.1, -0.05) is 16.5 Å². The second kappa shape index (κ2) is 5.47. The van der Waals surface area contributed by atoms with Crippen LogP contribution in [-0.2, 0) is 13.1 Å². The molecule has 2 heterocycles. The Balaban J connectivity index is 2.00. The SMILES string of the molecule is Cc1cc(C)c(Cn2ccnn2)c(C)c1Cn1ccnn1. The van der Waals surface area contributed by atoms with Crippen molar-refractivity contribution in [2.24, 2.45) is 0 Å². The van der Waals surface area contributed by atoms with E-state index in [1.807, 2.05) is 21.8 Å². The summed E-state index contributed by atoms with van der Waals surface area (Å²) in [5.74, 6) is 0.